The minimum Gasteiger partial charge on any atom is -0.310 e. The normalized spacial score (nSPS) is 26.9. The number of rotatable bonds is 5. The average Bonchev–Trinajstić information content (AvgIpc) is 2.13. The SMILES string of the molecule is CC(CCN(C)C)NC1CCCS(=O)(=O)C1. The molecule has 1 rings (SSSR count). The van der Waals surface area contributed by atoms with E-state index in [9.17, 15) is 8.42 Å². The summed E-state index contributed by atoms with van der Waals surface area (Å²) in [4.78, 5) is 2.15. The predicted molar refractivity (Wildman–Crippen MR) is 67.4 cm³/mol. The fraction of sp³-hybridized carbons (Fsp3) is 1.00. The van der Waals surface area contributed by atoms with Crippen molar-refractivity contribution in [3.05, 3.63) is 0 Å². The van der Waals surface area contributed by atoms with E-state index in [1.165, 1.54) is 0 Å². The van der Waals surface area contributed by atoms with Crippen molar-refractivity contribution in [2.24, 2.45) is 0 Å². The molecule has 2 atom stereocenters. The molecule has 1 heterocycles. The standard InChI is InChI=1S/C11H24N2O2S/c1-10(6-7-13(2)3)12-11-5-4-8-16(14,15)9-11/h10-12H,4-9H2,1-3H3. The molecule has 16 heavy (non-hydrogen) atoms. The molecule has 0 bridgehead atoms. The lowest BCUT2D eigenvalue weighted by molar-refractivity contribution is 0.346. The molecule has 5 heteroatoms. The third-order valence-corrected chi connectivity index (χ3v) is 4.81. The highest BCUT2D eigenvalue weighted by Gasteiger charge is 2.25. The van der Waals surface area contributed by atoms with Gasteiger partial charge in [-0.2, -0.15) is 0 Å². The Labute approximate surface area is 99.3 Å². The maximum absolute atomic E-state index is 11.5. The maximum Gasteiger partial charge on any atom is 0.151 e. The van der Waals surface area contributed by atoms with E-state index in [2.05, 4.69) is 31.2 Å². The fourth-order valence-electron chi connectivity index (χ4n) is 2.09. The van der Waals surface area contributed by atoms with E-state index in [0.29, 0.717) is 17.5 Å². The second kappa shape index (κ2) is 5.98. The Balaban J connectivity index is 2.31. The number of sulfone groups is 1. The van der Waals surface area contributed by atoms with Gasteiger partial charge >= 0.3 is 0 Å². The van der Waals surface area contributed by atoms with Gasteiger partial charge in [0, 0.05) is 12.1 Å². The summed E-state index contributed by atoms with van der Waals surface area (Å²) in [6, 6.07) is 0.552. The summed E-state index contributed by atoms with van der Waals surface area (Å²) in [6.45, 7) is 3.17. The topological polar surface area (TPSA) is 49.4 Å². The Kier molecular flexibility index (Phi) is 5.21. The molecule has 0 radical (unpaired) electrons. The van der Waals surface area contributed by atoms with Gasteiger partial charge in [0.1, 0.15) is 0 Å². The van der Waals surface area contributed by atoms with Crippen LogP contribution in [0.3, 0.4) is 0 Å². The molecule has 1 aliphatic rings. The number of hydrogen-bond acceptors (Lipinski definition) is 4. The zero-order valence-electron chi connectivity index (χ0n) is 10.6. The van der Waals surface area contributed by atoms with Crippen molar-refractivity contribution in [3.63, 3.8) is 0 Å². The Morgan fingerprint density at radius 2 is 2.12 bits per heavy atom. The average molecular weight is 248 g/mol. The second-order valence-electron chi connectivity index (χ2n) is 5.11. The molecule has 2 unspecified atom stereocenters. The van der Waals surface area contributed by atoms with Gasteiger partial charge in [-0.15, -0.1) is 0 Å². The molecule has 0 aliphatic carbocycles. The van der Waals surface area contributed by atoms with Gasteiger partial charge in [0.05, 0.1) is 11.5 Å². The van der Waals surface area contributed by atoms with Crippen LogP contribution < -0.4 is 5.32 Å². The number of hydrogen-bond donors (Lipinski definition) is 1. The smallest absolute Gasteiger partial charge is 0.151 e. The summed E-state index contributed by atoms with van der Waals surface area (Å²) in [5.41, 5.74) is 0. The molecule has 1 saturated heterocycles. The van der Waals surface area contributed by atoms with Gasteiger partial charge in [0.15, 0.2) is 9.84 Å². The summed E-state index contributed by atoms with van der Waals surface area (Å²) in [5, 5.41) is 3.42. The first-order valence-corrected chi connectivity index (χ1v) is 7.82. The first-order valence-electron chi connectivity index (χ1n) is 6.00. The molecule has 0 spiro atoms. The highest BCUT2D eigenvalue weighted by molar-refractivity contribution is 7.91. The van der Waals surface area contributed by atoms with Crippen molar-refractivity contribution in [3.8, 4) is 0 Å². The van der Waals surface area contributed by atoms with Crippen molar-refractivity contribution >= 4 is 9.84 Å². The summed E-state index contributed by atoms with van der Waals surface area (Å²) in [6.07, 6.45) is 2.86. The number of nitrogens with one attached hydrogen (secondary N) is 1. The molecular formula is C11H24N2O2S. The van der Waals surface area contributed by atoms with E-state index in [1.807, 2.05) is 0 Å². The molecular weight excluding hydrogens is 224 g/mol. The van der Waals surface area contributed by atoms with Crippen LogP contribution in [0.4, 0.5) is 0 Å². The molecule has 1 aliphatic heterocycles. The van der Waals surface area contributed by atoms with E-state index >= 15 is 0 Å². The minimum atomic E-state index is -2.78. The van der Waals surface area contributed by atoms with Crippen molar-refractivity contribution in [1.29, 1.82) is 0 Å². The lowest BCUT2D eigenvalue weighted by atomic mass is 10.1. The molecule has 0 aromatic carbocycles. The van der Waals surface area contributed by atoms with Crippen LogP contribution in [0.15, 0.2) is 0 Å². The van der Waals surface area contributed by atoms with Crippen LogP contribution in [0.5, 0.6) is 0 Å². The van der Waals surface area contributed by atoms with Crippen molar-refractivity contribution in [2.45, 2.75) is 38.3 Å². The van der Waals surface area contributed by atoms with Crippen LogP contribution in [0.1, 0.15) is 26.2 Å². The van der Waals surface area contributed by atoms with Gasteiger partial charge < -0.3 is 10.2 Å². The molecule has 0 aromatic heterocycles. The first-order chi connectivity index (χ1) is 7.39. The summed E-state index contributed by atoms with van der Waals surface area (Å²) in [7, 11) is 1.32. The molecule has 0 aromatic rings. The van der Waals surface area contributed by atoms with Crippen LogP contribution in [0.2, 0.25) is 0 Å². The van der Waals surface area contributed by atoms with Gasteiger partial charge in [-0.25, -0.2) is 8.42 Å². The van der Waals surface area contributed by atoms with Gasteiger partial charge in [-0.1, -0.05) is 0 Å². The van der Waals surface area contributed by atoms with E-state index in [0.717, 1.165) is 25.8 Å². The summed E-state index contributed by atoms with van der Waals surface area (Å²) >= 11 is 0. The molecule has 4 nitrogen and oxygen atoms in total. The summed E-state index contributed by atoms with van der Waals surface area (Å²) in [5.74, 6) is 0.691. The third kappa shape index (κ3) is 5.27. The second-order valence-corrected chi connectivity index (χ2v) is 7.34. The van der Waals surface area contributed by atoms with Crippen LogP contribution in [0.25, 0.3) is 0 Å². The van der Waals surface area contributed by atoms with E-state index in [1.54, 1.807) is 0 Å². The Morgan fingerprint density at radius 1 is 1.44 bits per heavy atom. The maximum atomic E-state index is 11.5. The summed E-state index contributed by atoms with van der Waals surface area (Å²) < 4.78 is 22.9. The van der Waals surface area contributed by atoms with Gasteiger partial charge in [0.2, 0.25) is 0 Å². The van der Waals surface area contributed by atoms with Crippen molar-refractivity contribution < 1.29 is 8.42 Å². The van der Waals surface area contributed by atoms with Crippen LogP contribution in [-0.2, 0) is 9.84 Å². The minimum absolute atomic E-state index is 0.163. The Bertz CT molecular complexity index is 301. The highest BCUT2D eigenvalue weighted by Crippen LogP contribution is 2.13. The van der Waals surface area contributed by atoms with Crippen molar-refractivity contribution in [2.75, 3.05) is 32.1 Å². The quantitative estimate of drug-likeness (QED) is 0.769. The lowest BCUT2D eigenvalue weighted by Gasteiger charge is -2.27. The Morgan fingerprint density at radius 3 is 2.69 bits per heavy atom. The predicted octanol–water partition coefficient (Wildman–Crippen LogP) is 0.493. The van der Waals surface area contributed by atoms with Crippen LogP contribution in [-0.4, -0.2) is 57.5 Å². The fourth-order valence-corrected chi connectivity index (χ4v) is 3.74. The third-order valence-electron chi connectivity index (χ3n) is 2.99. The molecule has 1 N–H and O–H groups in total. The van der Waals surface area contributed by atoms with Crippen LogP contribution >= 0.6 is 0 Å². The van der Waals surface area contributed by atoms with E-state index in [-0.39, 0.29) is 6.04 Å². The zero-order valence-corrected chi connectivity index (χ0v) is 11.4. The molecule has 96 valence electrons. The molecule has 0 saturated carbocycles. The lowest BCUT2D eigenvalue weighted by Crippen LogP contribution is -2.44. The monoisotopic (exact) mass is 248 g/mol. The first kappa shape index (κ1) is 13.9. The Hall–Kier alpha value is -0.130. The van der Waals surface area contributed by atoms with Crippen LogP contribution in [0, 0.1) is 0 Å². The highest BCUT2D eigenvalue weighted by atomic mass is 32.2. The van der Waals surface area contributed by atoms with E-state index < -0.39 is 9.84 Å². The van der Waals surface area contributed by atoms with Gasteiger partial charge in [0.25, 0.3) is 0 Å². The number of nitrogens with zero attached hydrogens (tertiary/aromatic N) is 1. The van der Waals surface area contributed by atoms with E-state index in [4.69, 9.17) is 0 Å². The van der Waals surface area contributed by atoms with Gasteiger partial charge in [-0.3, -0.25) is 0 Å². The van der Waals surface area contributed by atoms with Gasteiger partial charge in [-0.05, 0) is 46.8 Å². The zero-order chi connectivity index (χ0) is 12.2. The van der Waals surface area contributed by atoms with Crippen molar-refractivity contribution in [1.82, 2.24) is 10.2 Å². The molecule has 1 fully saturated rings. The largest absolute Gasteiger partial charge is 0.310 e. The molecule has 0 amide bonds.